The second-order valence-corrected chi connectivity index (χ2v) is 11.1. The van der Waals surface area contributed by atoms with E-state index in [1.165, 1.54) is 0 Å². The maximum Gasteiger partial charge on any atom is 0.346 e. The largest absolute Gasteiger partial charge is 0.360 e. The first-order valence-corrected chi connectivity index (χ1v) is 12.5. The Bertz CT molecular complexity index is 1180. The number of nitrogens with one attached hydrogen (secondary N) is 2. The van der Waals surface area contributed by atoms with Gasteiger partial charge in [-0.2, -0.15) is 9.30 Å². The number of hydrogen-bond acceptors (Lipinski definition) is 6. The van der Waals surface area contributed by atoms with E-state index in [1.807, 2.05) is 0 Å². The standard InChI is InChI=1S/C21H23N5O5S/c27-20(18-10-19(31-25-18)11-1-2-11)22-12-7-13-3-4-14(8-12)26(13)32(29,30)15-5-6-16-17(9-15)24-21(28)23-16/h5-6,9-15H,1-4,7-8H2,(H,22,27)(H,24,28)/t12?,13-,14+,15?. The number of nitrogens with zero attached hydrogens (tertiary/aromatic N) is 3. The minimum atomic E-state index is -3.66. The number of allylic oxidation sites excluding steroid dienone is 1. The molecule has 0 aromatic carbocycles. The molecule has 0 spiro atoms. The summed E-state index contributed by atoms with van der Waals surface area (Å²) in [7, 11) is -3.66. The molecule has 6 rings (SSSR count). The van der Waals surface area contributed by atoms with E-state index in [9.17, 15) is 18.0 Å². The van der Waals surface area contributed by atoms with E-state index in [-0.39, 0.29) is 29.7 Å². The van der Waals surface area contributed by atoms with Crippen LogP contribution < -0.4 is 10.6 Å². The lowest BCUT2D eigenvalue weighted by molar-refractivity contribution is 0.0900. The molecule has 1 aromatic rings. The number of aromatic nitrogens is 1. The maximum atomic E-state index is 13.5. The van der Waals surface area contributed by atoms with Crippen LogP contribution in [0.25, 0.3) is 0 Å². The molecule has 2 bridgehead atoms. The van der Waals surface area contributed by atoms with Gasteiger partial charge in [-0.1, -0.05) is 11.2 Å². The van der Waals surface area contributed by atoms with E-state index in [1.54, 1.807) is 28.6 Å². The highest BCUT2D eigenvalue weighted by Gasteiger charge is 2.49. The average Bonchev–Trinajstić information content (AvgIpc) is 3.23. The molecule has 32 heavy (non-hydrogen) atoms. The van der Waals surface area contributed by atoms with Crippen molar-refractivity contribution in [3.63, 3.8) is 0 Å². The molecular formula is C21H23N5O5S. The van der Waals surface area contributed by atoms with Gasteiger partial charge in [0.05, 0.1) is 11.4 Å². The first-order chi connectivity index (χ1) is 15.4. The fraction of sp³-hybridized carbons (Fsp3) is 0.524. The van der Waals surface area contributed by atoms with Crippen LogP contribution in [0.5, 0.6) is 0 Å². The fourth-order valence-corrected chi connectivity index (χ4v) is 7.33. The Kier molecular flexibility index (Phi) is 4.41. The first-order valence-electron chi connectivity index (χ1n) is 11.0. The molecule has 11 heteroatoms. The van der Waals surface area contributed by atoms with Crippen LogP contribution in [0.1, 0.15) is 60.7 Å². The van der Waals surface area contributed by atoms with E-state index in [4.69, 9.17) is 4.52 Å². The zero-order valence-corrected chi connectivity index (χ0v) is 18.0. The van der Waals surface area contributed by atoms with Crippen LogP contribution in [0.15, 0.2) is 39.5 Å². The summed E-state index contributed by atoms with van der Waals surface area (Å²) in [6, 6.07) is 0.790. The van der Waals surface area contributed by atoms with Gasteiger partial charge in [0, 0.05) is 30.1 Å². The SMILES string of the molecule is O=C1N=C2C=CC(S(=O)(=O)N3[C@@H]4CC[C@H]3CC(NC(=O)c3cc(C5CC5)on3)C4)C=C2N1. The van der Waals surface area contributed by atoms with E-state index in [0.29, 0.717) is 30.2 Å². The van der Waals surface area contributed by atoms with Crippen LogP contribution in [-0.4, -0.2) is 58.9 Å². The van der Waals surface area contributed by atoms with Crippen LogP contribution in [-0.2, 0) is 10.0 Å². The molecular weight excluding hydrogens is 434 g/mol. The summed E-state index contributed by atoms with van der Waals surface area (Å²) in [5, 5.41) is 8.65. The molecule has 0 radical (unpaired) electrons. The Morgan fingerprint density at radius 3 is 2.66 bits per heavy atom. The second kappa shape index (κ2) is 7.11. The van der Waals surface area contributed by atoms with Crippen LogP contribution in [0.2, 0.25) is 0 Å². The van der Waals surface area contributed by atoms with E-state index in [0.717, 1.165) is 31.4 Å². The number of piperidine rings is 1. The Hall–Kier alpha value is -2.79. The molecule has 2 N–H and O–H groups in total. The van der Waals surface area contributed by atoms with Gasteiger partial charge >= 0.3 is 6.03 Å². The maximum absolute atomic E-state index is 13.5. The van der Waals surface area contributed by atoms with Gasteiger partial charge < -0.3 is 15.2 Å². The lowest BCUT2D eigenvalue weighted by Crippen LogP contribution is -2.54. The van der Waals surface area contributed by atoms with Gasteiger partial charge in [-0.05, 0) is 50.7 Å². The summed E-state index contributed by atoms with van der Waals surface area (Å²) >= 11 is 0. The number of sulfonamides is 1. The normalized spacial score (nSPS) is 31.7. The summed E-state index contributed by atoms with van der Waals surface area (Å²) in [5.74, 6) is 0.875. The summed E-state index contributed by atoms with van der Waals surface area (Å²) in [4.78, 5) is 27.9. The molecule has 10 nitrogen and oxygen atoms in total. The lowest BCUT2D eigenvalue weighted by Gasteiger charge is -2.39. The molecule has 168 valence electrons. The molecule has 3 aliphatic heterocycles. The topological polar surface area (TPSA) is 134 Å². The Morgan fingerprint density at radius 1 is 1.19 bits per heavy atom. The van der Waals surface area contributed by atoms with Crippen molar-refractivity contribution in [3.05, 3.63) is 41.4 Å². The third kappa shape index (κ3) is 3.30. The van der Waals surface area contributed by atoms with Crippen LogP contribution >= 0.6 is 0 Å². The minimum Gasteiger partial charge on any atom is -0.360 e. The summed E-state index contributed by atoms with van der Waals surface area (Å²) in [6.45, 7) is 0. The molecule has 2 aliphatic carbocycles. The number of carbonyl (C=O) groups excluding carboxylic acids is 2. The number of aliphatic imine (C=N–C) groups is 1. The lowest BCUT2D eigenvalue weighted by atomic mass is 9.99. The number of amides is 3. The summed E-state index contributed by atoms with van der Waals surface area (Å²) in [5.41, 5.74) is 1.19. The molecule has 4 heterocycles. The highest BCUT2D eigenvalue weighted by atomic mass is 32.2. The summed E-state index contributed by atoms with van der Waals surface area (Å²) in [6.07, 6.45) is 9.50. The van der Waals surface area contributed by atoms with Crippen molar-refractivity contribution in [2.75, 3.05) is 0 Å². The average molecular weight is 458 g/mol. The Labute approximate surface area is 184 Å². The van der Waals surface area contributed by atoms with Gasteiger partial charge in [-0.15, -0.1) is 0 Å². The van der Waals surface area contributed by atoms with Crippen molar-refractivity contribution < 1.29 is 22.5 Å². The van der Waals surface area contributed by atoms with Crippen molar-refractivity contribution in [2.45, 2.75) is 67.8 Å². The number of carbonyl (C=O) groups is 2. The third-order valence-electron chi connectivity index (χ3n) is 6.89. The number of rotatable bonds is 5. The van der Waals surface area contributed by atoms with E-state index in [2.05, 4.69) is 20.8 Å². The monoisotopic (exact) mass is 457 g/mol. The molecule has 2 unspecified atom stereocenters. The minimum absolute atomic E-state index is 0.111. The van der Waals surface area contributed by atoms with Gasteiger partial charge in [0.1, 0.15) is 11.0 Å². The second-order valence-electron chi connectivity index (χ2n) is 9.12. The van der Waals surface area contributed by atoms with Gasteiger partial charge in [0.15, 0.2) is 5.69 Å². The van der Waals surface area contributed by atoms with Gasteiger partial charge in [-0.25, -0.2) is 13.2 Å². The van der Waals surface area contributed by atoms with Gasteiger partial charge in [-0.3, -0.25) is 4.79 Å². The molecule has 2 saturated heterocycles. The zero-order valence-electron chi connectivity index (χ0n) is 17.2. The Balaban J connectivity index is 1.15. The highest BCUT2D eigenvalue weighted by Crippen LogP contribution is 2.41. The van der Waals surface area contributed by atoms with E-state index >= 15 is 0 Å². The van der Waals surface area contributed by atoms with Crippen molar-refractivity contribution >= 4 is 27.7 Å². The van der Waals surface area contributed by atoms with Gasteiger partial charge in [0.2, 0.25) is 10.0 Å². The van der Waals surface area contributed by atoms with E-state index < -0.39 is 21.3 Å². The Morgan fingerprint density at radius 2 is 1.94 bits per heavy atom. The van der Waals surface area contributed by atoms with Crippen LogP contribution in [0.4, 0.5) is 4.79 Å². The zero-order chi connectivity index (χ0) is 22.0. The van der Waals surface area contributed by atoms with Crippen molar-refractivity contribution in [2.24, 2.45) is 4.99 Å². The highest BCUT2D eigenvalue weighted by molar-refractivity contribution is 7.90. The molecule has 1 aromatic heterocycles. The predicted octanol–water partition coefficient (Wildman–Crippen LogP) is 1.59. The van der Waals surface area contributed by atoms with Crippen molar-refractivity contribution in [1.29, 1.82) is 0 Å². The number of fused-ring (bicyclic) bond motifs is 3. The molecule has 4 atom stereocenters. The molecule has 3 fully saturated rings. The van der Waals surface area contributed by atoms with Crippen LogP contribution in [0, 0.1) is 0 Å². The van der Waals surface area contributed by atoms with Crippen LogP contribution in [0.3, 0.4) is 0 Å². The third-order valence-corrected chi connectivity index (χ3v) is 9.06. The van der Waals surface area contributed by atoms with Crippen molar-refractivity contribution in [1.82, 2.24) is 20.1 Å². The first kappa shape index (κ1) is 19.9. The quantitative estimate of drug-likeness (QED) is 0.690. The van der Waals surface area contributed by atoms with Crippen molar-refractivity contribution in [3.8, 4) is 0 Å². The summed E-state index contributed by atoms with van der Waals surface area (Å²) < 4.78 is 33.8. The number of hydrogen-bond donors (Lipinski definition) is 2. The fourth-order valence-electron chi connectivity index (χ4n) is 5.25. The molecule has 1 saturated carbocycles. The smallest absolute Gasteiger partial charge is 0.346 e. The number of urea groups is 1. The molecule has 5 aliphatic rings. The predicted molar refractivity (Wildman–Crippen MR) is 114 cm³/mol. The van der Waals surface area contributed by atoms with Gasteiger partial charge in [0.25, 0.3) is 5.91 Å². The molecule has 3 amide bonds.